The Bertz CT molecular complexity index is 388. The Morgan fingerprint density at radius 1 is 1.47 bits per heavy atom. The summed E-state index contributed by atoms with van der Waals surface area (Å²) in [6.07, 6.45) is 4.55. The van der Waals surface area contributed by atoms with Crippen molar-refractivity contribution >= 4 is 17.2 Å². The van der Waals surface area contributed by atoms with E-state index in [1.165, 1.54) is 12.8 Å². The van der Waals surface area contributed by atoms with Gasteiger partial charge in [-0.1, -0.05) is 0 Å². The van der Waals surface area contributed by atoms with Crippen molar-refractivity contribution in [1.82, 2.24) is 15.2 Å². The number of amides is 1. The summed E-state index contributed by atoms with van der Waals surface area (Å²) in [5.41, 5.74) is 2.83. The highest BCUT2D eigenvalue weighted by atomic mass is 32.1. The molecule has 0 spiro atoms. The molecule has 2 heterocycles. The molecule has 1 aromatic rings. The molecule has 0 aromatic carbocycles. The van der Waals surface area contributed by atoms with Gasteiger partial charge in [0.2, 0.25) is 5.91 Å². The van der Waals surface area contributed by atoms with Crippen molar-refractivity contribution in [1.29, 1.82) is 0 Å². The number of hydrogen-bond donors (Lipinski definition) is 1. The second-order valence-corrected chi connectivity index (χ2v) is 5.59. The topological polar surface area (TPSA) is 45.2 Å². The number of carbonyl (C=O) groups excluding carboxylic acids is 1. The fraction of sp³-hybridized carbons (Fsp3) is 0.667. The first-order valence-corrected chi connectivity index (χ1v) is 7.19. The zero-order valence-corrected chi connectivity index (χ0v) is 10.6. The maximum absolute atomic E-state index is 12.3. The van der Waals surface area contributed by atoms with Crippen LogP contribution in [0.15, 0.2) is 10.9 Å². The van der Waals surface area contributed by atoms with Gasteiger partial charge in [-0.15, -0.1) is 11.3 Å². The normalized spacial score (nSPS) is 25.3. The molecule has 1 unspecified atom stereocenters. The molecule has 3 rings (SSSR count). The van der Waals surface area contributed by atoms with Crippen molar-refractivity contribution in [3.63, 3.8) is 0 Å². The van der Waals surface area contributed by atoms with E-state index < -0.39 is 0 Å². The number of nitrogens with one attached hydrogen (secondary N) is 1. The highest BCUT2D eigenvalue weighted by Gasteiger charge is 2.33. The highest BCUT2D eigenvalue weighted by molar-refractivity contribution is 7.07. The summed E-state index contributed by atoms with van der Waals surface area (Å²) in [4.78, 5) is 18.4. The Morgan fingerprint density at radius 3 is 3.06 bits per heavy atom. The SMILES string of the molecule is O=C1C(NC2CC2)CCCN1Cc1cscn1. The van der Waals surface area contributed by atoms with E-state index in [4.69, 9.17) is 0 Å². The summed E-state index contributed by atoms with van der Waals surface area (Å²) in [6, 6.07) is 0.651. The minimum Gasteiger partial charge on any atom is -0.335 e. The van der Waals surface area contributed by atoms with Crippen LogP contribution in [0, 0.1) is 0 Å². The third-order valence-electron chi connectivity index (χ3n) is 3.38. The molecule has 2 fully saturated rings. The summed E-state index contributed by atoms with van der Waals surface area (Å²) in [5.74, 6) is 0.260. The van der Waals surface area contributed by atoms with Crippen LogP contribution in [0.4, 0.5) is 0 Å². The maximum Gasteiger partial charge on any atom is 0.240 e. The van der Waals surface area contributed by atoms with E-state index in [1.54, 1.807) is 11.3 Å². The number of likely N-dealkylation sites (tertiary alicyclic amines) is 1. The zero-order chi connectivity index (χ0) is 11.7. The van der Waals surface area contributed by atoms with Gasteiger partial charge in [0.1, 0.15) is 0 Å². The smallest absolute Gasteiger partial charge is 0.240 e. The molecule has 92 valence electrons. The van der Waals surface area contributed by atoms with Gasteiger partial charge in [0.05, 0.1) is 23.8 Å². The third kappa shape index (κ3) is 2.66. The third-order valence-corrected chi connectivity index (χ3v) is 4.02. The molecule has 1 saturated carbocycles. The van der Waals surface area contributed by atoms with Crippen molar-refractivity contribution in [2.75, 3.05) is 6.54 Å². The second-order valence-electron chi connectivity index (χ2n) is 4.88. The molecule has 1 aliphatic heterocycles. The number of hydrogen-bond acceptors (Lipinski definition) is 4. The predicted octanol–water partition coefficient (Wildman–Crippen LogP) is 1.39. The summed E-state index contributed by atoms with van der Waals surface area (Å²) in [7, 11) is 0. The molecule has 1 aliphatic carbocycles. The van der Waals surface area contributed by atoms with E-state index in [2.05, 4.69) is 10.3 Å². The number of thiazole rings is 1. The second kappa shape index (κ2) is 4.74. The number of nitrogens with zero attached hydrogens (tertiary/aromatic N) is 2. The molecule has 1 atom stereocenters. The van der Waals surface area contributed by atoms with Crippen LogP contribution in [0.5, 0.6) is 0 Å². The Hall–Kier alpha value is -0.940. The first kappa shape index (κ1) is 11.2. The van der Waals surface area contributed by atoms with Crippen LogP contribution in [0.1, 0.15) is 31.4 Å². The number of rotatable bonds is 4. The van der Waals surface area contributed by atoms with Gasteiger partial charge in [0.15, 0.2) is 0 Å². The van der Waals surface area contributed by atoms with Crippen LogP contribution in [-0.4, -0.2) is 34.4 Å². The summed E-state index contributed by atoms with van der Waals surface area (Å²) >= 11 is 1.59. The molecule has 1 aromatic heterocycles. The van der Waals surface area contributed by atoms with Crippen LogP contribution >= 0.6 is 11.3 Å². The van der Waals surface area contributed by atoms with Gasteiger partial charge < -0.3 is 10.2 Å². The summed E-state index contributed by atoms with van der Waals surface area (Å²) in [5, 5.41) is 5.46. The highest BCUT2D eigenvalue weighted by Crippen LogP contribution is 2.23. The largest absolute Gasteiger partial charge is 0.335 e. The monoisotopic (exact) mass is 251 g/mol. The van der Waals surface area contributed by atoms with Crippen molar-refractivity contribution in [2.24, 2.45) is 0 Å². The molecule has 5 heteroatoms. The Morgan fingerprint density at radius 2 is 2.35 bits per heavy atom. The standard InChI is InChI=1S/C12H17N3OS/c16-12-11(14-9-3-4-9)2-1-5-15(12)6-10-7-17-8-13-10/h7-9,11,14H,1-6H2. The van der Waals surface area contributed by atoms with E-state index in [1.807, 2.05) is 15.8 Å². The van der Waals surface area contributed by atoms with Crippen molar-refractivity contribution < 1.29 is 4.79 Å². The van der Waals surface area contributed by atoms with Crippen molar-refractivity contribution in [2.45, 2.75) is 44.3 Å². The molecular formula is C12H17N3OS. The fourth-order valence-electron chi connectivity index (χ4n) is 2.30. The van der Waals surface area contributed by atoms with E-state index in [9.17, 15) is 4.79 Å². The first-order valence-electron chi connectivity index (χ1n) is 6.25. The van der Waals surface area contributed by atoms with E-state index in [-0.39, 0.29) is 11.9 Å². The van der Waals surface area contributed by atoms with Gasteiger partial charge in [0.25, 0.3) is 0 Å². The molecule has 0 bridgehead atoms. The lowest BCUT2D eigenvalue weighted by molar-refractivity contribution is -0.136. The van der Waals surface area contributed by atoms with Crippen LogP contribution in [0.25, 0.3) is 0 Å². The number of carbonyl (C=O) groups is 1. The predicted molar refractivity (Wildman–Crippen MR) is 66.7 cm³/mol. The van der Waals surface area contributed by atoms with Crippen LogP contribution in [0.2, 0.25) is 0 Å². The summed E-state index contributed by atoms with van der Waals surface area (Å²) < 4.78 is 0. The molecule has 17 heavy (non-hydrogen) atoms. The average molecular weight is 251 g/mol. The fourth-order valence-corrected chi connectivity index (χ4v) is 2.85. The van der Waals surface area contributed by atoms with Gasteiger partial charge in [-0.3, -0.25) is 4.79 Å². The van der Waals surface area contributed by atoms with Gasteiger partial charge in [0, 0.05) is 18.0 Å². The van der Waals surface area contributed by atoms with Gasteiger partial charge in [-0.25, -0.2) is 4.98 Å². The van der Waals surface area contributed by atoms with Crippen molar-refractivity contribution in [3.05, 3.63) is 16.6 Å². The van der Waals surface area contributed by atoms with Gasteiger partial charge >= 0.3 is 0 Å². The molecular weight excluding hydrogens is 234 g/mol. The number of aromatic nitrogens is 1. The van der Waals surface area contributed by atoms with E-state index in [0.29, 0.717) is 12.6 Å². The molecule has 0 radical (unpaired) electrons. The van der Waals surface area contributed by atoms with E-state index in [0.717, 1.165) is 25.1 Å². The molecule has 1 amide bonds. The first-order chi connectivity index (χ1) is 8.33. The van der Waals surface area contributed by atoms with Crippen LogP contribution < -0.4 is 5.32 Å². The zero-order valence-electron chi connectivity index (χ0n) is 9.76. The van der Waals surface area contributed by atoms with Crippen molar-refractivity contribution in [3.8, 4) is 0 Å². The summed E-state index contributed by atoms with van der Waals surface area (Å²) in [6.45, 7) is 1.55. The average Bonchev–Trinajstić information content (AvgIpc) is 2.99. The number of piperidine rings is 1. The minimum absolute atomic E-state index is 0.0508. The lowest BCUT2D eigenvalue weighted by Gasteiger charge is -2.32. The van der Waals surface area contributed by atoms with Gasteiger partial charge in [-0.05, 0) is 25.7 Å². The molecule has 2 aliphatic rings. The minimum atomic E-state index is 0.0508. The molecule has 1 N–H and O–H groups in total. The lowest BCUT2D eigenvalue weighted by Crippen LogP contribution is -2.50. The lowest BCUT2D eigenvalue weighted by atomic mass is 10.0. The Kier molecular flexibility index (Phi) is 3.11. The quantitative estimate of drug-likeness (QED) is 0.879. The van der Waals surface area contributed by atoms with E-state index >= 15 is 0 Å². The Labute approximate surface area is 105 Å². The molecule has 1 saturated heterocycles. The molecule has 4 nitrogen and oxygen atoms in total. The van der Waals surface area contributed by atoms with Crippen LogP contribution in [0.3, 0.4) is 0 Å². The Balaban J connectivity index is 1.61. The van der Waals surface area contributed by atoms with Crippen LogP contribution in [-0.2, 0) is 11.3 Å². The maximum atomic E-state index is 12.3. The van der Waals surface area contributed by atoms with Gasteiger partial charge in [-0.2, -0.15) is 0 Å².